The van der Waals surface area contributed by atoms with E-state index >= 15 is 0 Å². The quantitative estimate of drug-likeness (QED) is 0.389. The Kier molecular flexibility index (Phi) is 7.27. The second-order valence-electron chi connectivity index (χ2n) is 10.3. The minimum atomic E-state index is -4.42. The molecule has 1 aliphatic heterocycles. The molecule has 2 heterocycles. The molecule has 1 saturated heterocycles. The van der Waals surface area contributed by atoms with Gasteiger partial charge in [-0.15, -0.1) is 0 Å². The van der Waals surface area contributed by atoms with E-state index in [9.17, 15) is 18.0 Å². The van der Waals surface area contributed by atoms with Crippen molar-refractivity contribution < 1.29 is 27.4 Å². The van der Waals surface area contributed by atoms with E-state index in [0.717, 1.165) is 17.7 Å². The number of piperidine rings is 1. The lowest BCUT2D eigenvalue weighted by Gasteiger charge is -2.42. The van der Waals surface area contributed by atoms with Gasteiger partial charge in [-0.3, -0.25) is 4.98 Å². The van der Waals surface area contributed by atoms with Crippen LogP contribution in [0.5, 0.6) is 0 Å². The Morgan fingerprint density at radius 1 is 1.00 bits per heavy atom. The van der Waals surface area contributed by atoms with Crippen molar-refractivity contribution in [3.05, 3.63) is 77.5 Å². The Balaban J connectivity index is 1.46. The Bertz CT molecular complexity index is 1200. The normalized spacial score (nSPS) is 16.2. The maximum Gasteiger partial charge on any atom is 0.416 e. The van der Waals surface area contributed by atoms with Gasteiger partial charge in [0.15, 0.2) is 0 Å². The van der Waals surface area contributed by atoms with Gasteiger partial charge >= 0.3 is 12.3 Å². The summed E-state index contributed by atoms with van der Waals surface area (Å²) in [5, 5.41) is 0.641. The number of hydrogen-bond acceptors (Lipinski definition) is 4. The first-order valence-electron chi connectivity index (χ1n) is 12.0. The molecule has 1 aliphatic rings. The number of carbonyl (C=O) groups is 1. The molecule has 1 aromatic heterocycles. The number of halogens is 3. The fourth-order valence-corrected chi connectivity index (χ4v) is 4.52. The molecular formula is C28H31F3N2O3. The van der Waals surface area contributed by atoms with E-state index in [1.807, 2.05) is 39.0 Å². The topological polar surface area (TPSA) is 51.7 Å². The molecular weight excluding hydrogens is 469 g/mol. The molecule has 5 nitrogen and oxygen atoms in total. The van der Waals surface area contributed by atoms with E-state index in [4.69, 9.17) is 9.47 Å². The van der Waals surface area contributed by atoms with Gasteiger partial charge in [-0.05, 0) is 57.4 Å². The molecule has 3 aromatic rings. The zero-order chi connectivity index (χ0) is 26.0. The summed E-state index contributed by atoms with van der Waals surface area (Å²) in [4.78, 5) is 18.7. The van der Waals surface area contributed by atoms with Crippen LogP contribution in [-0.4, -0.2) is 41.3 Å². The molecule has 0 radical (unpaired) electrons. The van der Waals surface area contributed by atoms with Crippen LogP contribution in [0.3, 0.4) is 0 Å². The summed E-state index contributed by atoms with van der Waals surface area (Å²) >= 11 is 0. The van der Waals surface area contributed by atoms with Gasteiger partial charge in [0.2, 0.25) is 0 Å². The summed E-state index contributed by atoms with van der Waals surface area (Å²) in [6.45, 7) is 7.21. The van der Waals surface area contributed by atoms with Crippen LogP contribution in [0, 0.1) is 0 Å². The molecule has 0 unspecified atom stereocenters. The molecule has 36 heavy (non-hydrogen) atoms. The lowest BCUT2D eigenvalue weighted by Crippen LogP contribution is -2.48. The van der Waals surface area contributed by atoms with Crippen molar-refractivity contribution in [1.82, 2.24) is 9.88 Å². The zero-order valence-electron chi connectivity index (χ0n) is 20.8. The number of pyridine rings is 1. The first kappa shape index (κ1) is 25.9. The van der Waals surface area contributed by atoms with Crippen LogP contribution in [0.15, 0.2) is 60.7 Å². The fourth-order valence-electron chi connectivity index (χ4n) is 4.52. The van der Waals surface area contributed by atoms with Crippen LogP contribution in [-0.2, 0) is 27.7 Å². The average molecular weight is 501 g/mol. The van der Waals surface area contributed by atoms with Gasteiger partial charge in [-0.2, -0.15) is 13.2 Å². The fraction of sp³-hybridized carbons (Fsp3) is 0.429. The van der Waals surface area contributed by atoms with Crippen LogP contribution >= 0.6 is 0 Å². The molecule has 4 rings (SSSR count). The van der Waals surface area contributed by atoms with E-state index in [0.29, 0.717) is 43.6 Å². The molecule has 0 spiro atoms. The van der Waals surface area contributed by atoms with E-state index < -0.39 is 17.3 Å². The highest BCUT2D eigenvalue weighted by Crippen LogP contribution is 2.37. The van der Waals surface area contributed by atoms with Crippen LogP contribution in [0.2, 0.25) is 0 Å². The summed E-state index contributed by atoms with van der Waals surface area (Å²) in [7, 11) is 0. The molecule has 0 saturated carbocycles. The molecule has 1 amide bonds. The minimum absolute atomic E-state index is 0.177. The largest absolute Gasteiger partial charge is 0.444 e. The number of ether oxygens (including phenoxy) is 2. The SMILES string of the molecule is CC(C)(C)OC(=O)N1CCC(COCc2ccc3ccc(C(F)(F)F)cc3n2)(c2ccccc2)CC1. The minimum Gasteiger partial charge on any atom is -0.444 e. The third-order valence-electron chi connectivity index (χ3n) is 6.46. The predicted molar refractivity (Wildman–Crippen MR) is 132 cm³/mol. The van der Waals surface area contributed by atoms with Crippen LogP contribution in [0.4, 0.5) is 18.0 Å². The Labute approximate surface area is 209 Å². The van der Waals surface area contributed by atoms with Crippen molar-refractivity contribution in [1.29, 1.82) is 0 Å². The van der Waals surface area contributed by atoms with Crippen molar-refractivity contribution >= 4 is 17.0 Å². The van der Waals surface area contributed by atoms with Crippen LogP contribution < -0.4 is 0 Å². The number of hydrogen-bond donors (Lipinski definition) is 0. The number of benzene rings is 2. The number of nitrogens with zero attached hydrogens (tertiary/aromatic N) is 2. The molecule has 0 atom stereocenters. The Morgan fingerprint density at radius 3 is 2.31 bits per heavy atom. The summed E-state index contributed by atoms with van der Waals surface area (Å²) in [5.41, 5.74) is 0.420. The van der Waals surface area contributed by atoms with Crippen molar-refractivity contribution in [2.45, 2.75) is 57.4 Å². The van der Waals surface area contributed by atoms with Gasteiger partial charge in [0.05, 0.1) is 30.0 Å². The smallest absolute Gasteiger partial charge is 0.416 e. The third-order valence-corrected chi connectivity index (χ3v) is 6.46. The predicted octanol–water partition coefficient (Wildman–Crippen LogP) is 6.74. The number of likely N-dealkylation sites (tertiary alicyclic amines) is 1. The van der Waals surface area contributed by atoms with E-state index in [1.165, 1.54) is 6.07 Å². The van der Waals surface area contributed by atoms with Crippen LogP contribution in [0.1, 0.15) is 50.4 Å². The number of rotatable bonds is 5. The first-order valence-corrected chi connectivity index (χ1v) is 12.0. The standard InChI is InChI=1S/C28H31F3N2O3/c1-26(2,3)36-25(34)33-15-13-27(14-16-33,21-7-5-4-6-8-21)19-35-18-23-12-10-20-9-11-22(28(29,30)31)17-24(20)32-23/h4-12,17H,13-16,18-19H2,1-3H3. The third kappa shape index (κ3) is 6.16. The number of amides is 1. The van der Waals surface area contributed by atoms with Gasteiger partial charge in [0.25, 0.3) is 0 Å². The van der Waals surface area contributed by atoms with E-state index in [2.05, 4.69) is 17.1 Å². The molecule has 2 aromatic carbocycles. The lowest BCUT2D eigenvalue weighted by molar-refractivity contribution is -0.137. The zero-order valence-corrected chi connectivity index (χ0v) is 20.8. The average Bonchev–Trinajstić information content (AvgIpc) is 2.83. The second-order valence-corrected chi connectivity index (χ2v) is 10.3. The van der Waals surface area contributed by atoms with Gasteiger partial charge in [0, 0.05) is 23.9 Å². The van der Waals surface area contributed by atoms with Crippen molar-refractivity contribution in [3.8, 4) is 0 Å². The Morgan fingerprint density at radius 2 is 1.67 bits per heavy atom. The van der Waals surface area contributed by atoms with Gasteiger partial charge in [-0.1, -0.05) is 42.5 Å². The lowest BCUT2D eigenvalue weighted by atomic mass is 9.73. The van der Waals surface area contributed by atoms with Gasteiger partial charge in [-0.25, -0.2) is 4.79 Å². The molecule has 0 bridgehead atoms. The molecule has 1 fully saturated rings. The van der Waals surface area contributed by atoms with Gasteiger partial charge < -0.3 is 14.4 Å². The molecule has 192 valence electrons. The number of alkyl halides is 3. The Hall–Kier alpha value is -3.13. The molecule has 0 N–H and O–H groups in total. The van der Waals surface area contributed by atoms with Crippen LogP contribution in [0.25, 0.3) is 10.9 Å². The summed E-state index contributed by atoms with van der Waals surface area (Å²) in [5.74, 6) is 0. The maximum absolute atomic E-state index is 13.1. The van der Waals surface area contributed by atoms with E-state index in [1.54, 1.807) is 17.0 Å². The number of fused-ring (bicyclic) bond motifs is 1. The highest BCUT2D eigenvalue weighted by Gasteiger charge is 2.39. The highest BCUT2D eigenvalue weighted by atomic mass is 19.4. The van der Waals surface area contributed by atoms with Crippen molar-refractivity contribution in [2.24, 2.45) is 0 Å². The van der Waals surface area contributed by atoms with Gasteiger partial charge in [0.1, 0.15) is 5.60 Å². The summed E-state index contributed by atoms with van der Waals surface area (Å²) in [6, 6.07) is 17.2. The van der Waals surface area contributed by atoms with Crippen molar-refractivity contribution in [2.75, 3.05) is 19.7 Å². The summed E-state index contributed by atoms with van der Waals surface area (Å²) in [6.07, 6.45) is -3.32. The van der Waals surface area contributed by atoms with Crippen molar-refractivity contribution in [3.63, 3.8) is 0 Å². The highest BCUT2D eigenvalue weighted by molar-refractivity contribution is 5.79. The maximum atomic E-state index is 13.1. The monoisotopic (exact) mass is 500 g/mol. The number of aromatic nitrogens is 1. The molecule has 0 aliphatic carbocycles. The summed E-state index contributed by atoms with van der Waals surface area (Å²) < 4.78 is 51.0. The van der Waals surface area contributed by atoms with E-state index in [-0.39, 0.29) is 23.6 Å². The first-order chi connectivity index (χ1) is 17.0. The second kappa shape index (κ2) is 10.1. The molecule has 8 heteroatoms. The number of carbonyl (C=O) groups excluding carboxylic acids is 1.